The fourth-order valence-electron chi connectivity index (χ4n) is 5.88. The van der Waals surface area contributed by atoms with E-state index in [4.69, 9.17) is 19.8 Å². The highest BCUT2D eigenvalue weighted by atomic mass is 16.7. The van der Waals surface area contributed by atoms with Crippen LogP contribution in [0.1, 0.15) is 52.9 Å². The highest BCUT2D eigenvalue weighted by Gasteiger charge is 2.68. The summed E-state index contributed by atoms with van der Waals surface area (Å²) in [6.07, 6.45) is 5.87. The molecule has 1 saturated heterocycles. The van der Waals surface area contributed by atoms with E-state index in [2.05, 4.69) is 20.8 Å². The molecule has 2 N–H and O–H groups in total. The van der Waals surface area contributed by atoms with Gasteiger partial charge in [0.2, 0.25) is 5.91 Å². The summed E-state index contributed by atoms with van der Waals surface area (Å²) >= 11 is 0. The first-order chi connectivity index (χ1) is 11.8. The van der Waals surface area contributed by atoms with Crippen molar-refractivity contribution < 1.29 is 18.8 Å². The van der Waals surface area contributed by atoms with Crippen LogP contribution in [-0.2, 0) is 18.8 Å². The molecule has 4 aliphatic carbocycles. The van der Waals surface area contributed by atoms with Crippen molar-refractivity contribution in [3.63, 3.8) is 0 Å². The van der Waals surface area contributed by atoms with E-state index in [0.717, 1.165) is 18.8 Å². The van der Waals surface area contributed by atoms with E-state index in [-0.39, 0.29) is 36.5 Å². The Morgan fingerprint density at radius 2 is 2.04 bits per heavy atom. The molecular formula is C19H32BNO4. The third-order valence-corrected chi connectivity index (χ3v) is 7.85. The molecular weight excluding hydrogens is 317 g/mol. The molecule has 6 atom stereocenters. The smallest absolute Gasteiger partial charge is 0.405 e. The van der Waals surface area contributed by atoms with Crippen LogP contribution in [-0.4, -0.2) is 38.4 Å². The van der Waals surface area contributed by atoms with Gasteiger partial charge in [-0.25, -0.2) is 0 Å². The molecule has 1 amide bonds. The maximum atomic E-state index is 12.1. The Balaban J connectivity index is 1.56. The Morgan fingerprint density at radius 1 is 1.32 bits per heavy atom. The van der Waals surface area contributed by atoms with Crippen LogP contribution in [0.15, 0.2) is 0 Å². The molecule has 0 spiro atoms. The monoisotopic (exact) mass is 349 g/mol. The quantitative estimate of drug-likeness (QED) is 0.718. The molecule has 5 fully saturated rings. The van der Waals surface area contributed by atoms with Crippen molar-refractivity contribution in [3.8, 4) is 0 Å². The Morgan fingerprint density at radius 3 is 2.60 bits per heavy atom. The van der Waals surface area contributed by atoms with Gasteiger partial charge < -0.3 is 19.8 Å². The molecule has 1 heterocycles. The van der Waals surface area contributed by atoms with Gasteiger partial charge in [0, 0.05) is 12.9 Å². The van der Waals surface area contributed by atoms with Gasteiger partial charge in [-0.05, 0) is 49.4 Å². The molecule has 5 aliphatic rings. The topological polar surface area (TPSA) is 70.8 Å². The minimum absolute atomic E-state index is 0.00677. The number of methoxy groups -OCH3 is 1. The number of carbonyl (C=O) groups excluding carboxylic acids is 1. The van der Waals surface area contributed by atoms with Gasteiger partial charge in [0.25, 0.3) is 0 Å². The van der Waals surface area contributed by atoms with E-state index in [1.807, 2.05) is 0 Å². The van der Waals surface area contributed by atoms with Crippen LogP contribution >= 0.6 is 0 Å². The van der Waals surface area contributed by atoms with Crippen molar-refractivity contribution in [2.45, 2.75) is 70.4 Å². The third-order valence-electron chi connectivity index (χ3n) is 7.85. The van der Waals surface area contributed by atoms with E-state index in [1.54, 1.807) is 7.11 Å². The lowest BCUT2D eigenvalue weighted by Gasteiger charge is -2.64. The van der Waals surface area contributed by atoms with Crippen molar-refractivity contribution in [1.29, 1.82) is 0 Å². The summed E-state index contributed by atoms with van der Waals surface area (Å²) in [4.78, 5) is 12.1. The third kappa shape index (κ3) is 2.76. The maximum absolute atomic E-state index is 12.1. The second-order valence-corrected chi connectivity index (χ2v) is 9.64. The van der Waals surface area contributed by atoms with Crippen molar-refractivity contribution in [2.24, 2.45) is 34.8 Å². The zero-order valence-electron chi connectivity index (χ0n) is 16.0. The maximum Gasteiger partial charge on any atom is 0.461 e. The van der Waals surface area contributed by atoms with Crippen LogP contribution in [0.3, 0.4) is 0 Å². The van der Waals surface area contributed by atoms with Crippen molar-refractivity contribution in [1.82, 2.24) is 0 Å². The van der Waals surface area contributed by atoms with Crippen LogP contribution in [0, 0.1) is 29.1 Å². The summed E-state index contributed by atoms with van der Waals surface area (Å²) in [5, 5.41) is 0. The molecule has 2 bridgehead atoms. The van der Waals surface area contributed by atoms with Crippen molar-refractivity contribution >= 4 is 13.0 Å². The van der Waals surface area contributed by atoms with Crippen LogP contribution in [0.5, 0.6) is 0 Å². The molecule has 0 aromatic carbocycles. The van der Waals surface area contributed by atoms with Crippen LogP contribution in [0.4, 0.5) is 0 Å². The number of ether oxygens (including phenoxy) is 1. The Kier molecular flexibility index (Phi) is 4.25. The number of primary amides is 1. The van der Waals surface area contributed by atoms with E-state index in [0.29, 0.717) is 23.9 Å². The standard InChI is InChI=1S/C19H32BNO4/c1-18(2)12-8-15(18)19(3)16(9-12)24-20(25-19)14(7-11-5-6-11)13(10-23-4)17(21)22/h11-16H,5-10H2,1-4H3,(H2,21,22)/t12-,13?,14+,15-,16+,19-/m0/s1. The lowest BCUT2D eigenvalue weighted by molar-refractivity contribution is -0.199. The van der Waals surface area contributed by atoms with Gasteiger partial charge in [-0.1, -0.05) is 26.7 Å². The SMILES string of the molecule is COCC(C(N)=O)[C@@H](CC1CC1)B1O[C@@H]2C[C@@H]3C[C@@H](C3(C)C)[C@]2(C)O1. The second kappa shape index (κ2) is 5.96. The number of amides is 1. The first-order valence-electron chi connectivity index (χ1n) is 9.89. The fourth-order valence-corrected chi connectivity index (χ4v) is 5.88. The first-order valence-corrected chi connectivity index (χ1v) is 9.89. The van der Waals surface area contributed by atoms with Gasteiger partial charge in [-0.15, -0.1) is 0 Å². The van der Waals surface area contributed by atoms with Crippen molar-refractivity contribution in [3.05, 3.63) is 0 Å². The number of hydrogen-bond donors (Lipinski definition) is 1. The van der Waals surface area contributed by atoms with E-state index in [1.165, 1.54) is 19.3 Å². The Bertz CT molecular complexity index is 552. The van der Waals surface area contributed by atoms with Crippen LogP contribution in [0.2, 0.25) is 5.82 Å². The minimum Gasteiger partial charge on any atom is -0.405 e. The van der Waals surface area contributed by atoms with Gasteiger partial charge in [0.05, 0.1) is 24.2 Å². The normalized spacial score (nSPS) is 41.0. The van der Waals surface area contributed by atoms with Crippen molar-refractivity contribution in [2.75, 3.05) is 13.7 Å². The number of rotatable bonds is 7. The van der Waals surface area contributed by atoms with Gasteiger partial charge in [0.15, 0.2) is 0 Å². The molecule has 0 radical (unpaired) electrons. The molecule has 5 nitrogen and oxygen atoms in total. The lowest BCUT2D eigenvalue weighted by Crippen LogP contribution is -2.65. The average Bonchev–Trinajstić information content (AvgIpc) is 3.28. The number of carbonyl (C=O) groups is 1. The molecule has 1 aliphatic heterocycles. The fraction of sp³-hybridized carbons (Fsp3) is 0.947. The average molecular weight is 349 g/mol. The molecule has 5 rings (SSSR count). The lowest BCUT2D eigenvalue weighted by atomic mass is 9.43. The number of hydrogen-bond acceptors (Lipinski definition) is 4. The van der Waals surface area contributed by atoms with Gasteiger partial charge in [-0.3, -0.25) is 4.79 Å². The van der Waals surface area contributed by atoms with Crippen LogP contribution < -0.4 is 5.73 Å². The summed E-state index contributed by atoms with van der Waals surface area (Å²) in [7, 11) is 1.29. The van der Waals surface area contributed by atoms with E-state index in [9.17, 15) is 4.79 Å². The Hall–Kier alpha value is -0.585. The molecule has 1 unspecified atom stereocenters. The second-order valence-electron chi connectivity index (χ2n) is 9.64. The Labute approximate surface area is 151 Å². The van der Waals surface area contributed by atoms with Gasteiger partial charge >= 0.3 is 7.12 Å². The zero-order valence-corrected chi connectivity index (χ0v) is 16.0. The summed E-state index contributed by atoms with van der Waals surface area (Å²) in [5.74, 6) is 1.28. The zero-order chi connectivity index (χ0) is 18.0. The van der Waals surface area contributed by atoms with E-state index >= 15 is 0 Å². The molecule has 0 aromatic rings. The summed E-state index contributed by atoms with van der Waals surface area (Å²) in [6.45, 7) is 7.30. The molecule has 140 valence electrons. The molecule has 6 heteroatoms. The van der Waals surface area contributed by atoms with Gasteiger partial charge in [-0.2, -0.15) is 0 Å². The molecule has 4 saturated carbocycles. The predicted molar refractivity (Wildman–Crippen MR) is 95.8 cm³/mol. The summed E-state index contributed by atoms with van der Waals surface area (Å²) in [6, 6.07) is 0. The van der Waals surface area contributed by atoms with E-state index < -0.39 is 0 Å². The predicted octanol–water partition coefficient (Wildman–Crippen LogP) is 2.63. The summed E-state index contributed by atoms with van der Waals surface area (Å²) < 4.78 is 18.4. The van der Waals surface area contributed by atoms with Crippen LogP contribution in [0.25, 0.3) is 0 Å². The van der Waals surface area contributed by atoms with Gasteiger partial charge in [0.1, 0.15) is 0 Å². The minimum atomic E-state index is -0.345. The number of nitrogens with two attached hydrogens (primary N) is 1. The highest BCUT2D eigenvalue weighted by Crippen LogP contribution is 2.66. The first kappa shape index (κ1) is 17.8. The largest absolute Gasteiger partial charge is 0.461 e. The molecule has 0 aromatic heterocycles. The molecule has 25 heavy (non-hydrogen) atoms. The highest BCUT2D eigenvalue weighted by molar-refractivity contribution is 6.48. The summed E-state index contributed by atoms with van der Waals surface area (Å²) in [5.41, 5.74) is 5.80.